The van der Waals surface area contributed by atoms with E-state index in [-0.39, 0.29) is 6.42 Å². The molecule has 0 aromatic heterocycles. The second-order valence-electron chi connectivity index (χ2n) is 5.23. The van der Waals surface area contributed by atoms with E-state index in [1.807, 2.05) is 0 Å². The van der Waals surface area contributed by atoms with E-state index in [1.165, 1.54) is 12.1 Å². The van der Waals surface area contributed by atoms with E-state index in [9.17, 15) is 19.8 Å². The third-order valence-electron chi connectivity index (χ3n) is 3.28. The van der Waals surface area contributed by atoms with Crippen LogP contribution in [0.4, 0.5) is 0 Å². The molecule has 6 nitrogen and oxygen atoms in total. The monoisotopic (exact) mass is 281 g/mol. The molecule has 6 heteroatoms. The van der Waals surface area contributed by atoms with Gasteiger partial charge in [-0.2, -0.15) is 0 Å². The third-order valence-corrected chi connectivity index (χ3v) is 3.28. The van der Waals surface area contributed by atoms with Gasteiger partial charge in [0.25, 0.3) is 0 Å². The van der Waals surface area contributed by atoms with Crippen LogP contribution in [0.3, 0.4) is 0 Å². The fraction of sp³-hybridized carbons (Fsp3) is 0.429. The van der Waals surface area contributed by atoms with Gasteiger partial charge in [0.2, 0.25) is 5.91 Å². The van der Waals surface area contributed by atoms with Crippen molar-refractivity contribution in [2.45, 2.75) is 37.9 Å². The number of primary amides is 1. The van der Waals surface area contributed by atoms with Crippen LogP contribution in [0.1, 0.15) is 37.5 Å². The smallest absolute Gasteiger partial charge is 0.313 e. The van der Waals surface area contributed by atoms with Crippen molar-refractivity contribution in [2.75, 3.05) is 0 Å². The first kappa shape index (κ1) is 16.1. The zero-order valence-corrected chi connectivity index (χ0v) is 11.4. The van der Waals surface area contributed by atoms with E-state index in [0.717, 1.165) is 0 Å². The maximum atomic E-state index is 11.1. The first-order valence-electron chi connectivity index (χ1n) is 6.14. The molecule has 2 unspecified atom stereocenters. The molecule has 0 aliphatic carbocycles. The number of nitrogens with two attached hydrogens (primary N) is 1. The van der Waals surface area contributed by atoms with Crippen LogP contribution in [0, 0.1) is 0 Å². The molecule has 0 bridgehead atoms. The number of carbonyl (C=O) groups excluding carboxylic acids is 1. The number of hydrogen-bond acceptors (Lipinski definition) is 4. The van der Waals surface area contributed by atoms with Crippen molar-refractivity contribution >= 4 is 11.9 Å². The summed E-state index contributed by atoms with van der Waals surface area (Å²) in [6.45, 7) is 3.14. The van der Waals surface area contributed by atoms with Crippen molar-refractivity contribution in [3.63, 3.8) is 0 Å². The summed E-state index contributed by atoms with van der Waals surface area (Å²) in [6.07, 6.45) is -2.88. The topological polar surface area (TPSA) is 121 Å². The minimum absolute atomic E-state index is 0.344. The van der Waals surface area contributed by atoms with Crippen LogP contribution in [-0.2, 0) is 15.0 Å². The molecule has 0 saturated heterocycles. The lowest BCUT2D eigenvalue weighted by atomic mass is 9.84. The Labute approximate surface area is 116 Å². The maximum absolute atomic E-state index is 11.1. The van der Waals surface area contributed by atoms with Gasteiger partial charge in [-0.25, -0.2) is 0 Å². The number of rotatable bonds is 6. The van der Waals surface area contributed by atoms with Gasteiger partial charge in [0.15, 0.2) is 0 Å². The molecule has 0 aliphatic rings. The van der Waals surface area contributed by atoms with Crippen LogP contribution in [0.2, 0.25) is 0 Å². The number of aliphatic carboxylic acids is 1. The molecule has 2 atom stereocenters. The highest BCUT2D eigenvalue weighted by molar-refractivity contribution is 5.80. The van der Waals surface area contributed by atoms with Crippen molar-refractivity contribution in [3.05, 3.63) is 35.4 Å². The molecular formula is C14H19NO5. The minimum atomic E-state index is -1.29. The highest BCUT2D eigenvalue weighted by Gasteiger charge is 2.29. The zero-order valence-electron chi connectivity index (χ0n) is 11.4. The Morgan fingerprint density at radius 3 is 2.10 bits per heavy atom. The van der Waals surface area contributed by atoms with Crippen molar-refractivity contribution in [1.29, 1.82) is 0 Å². The minimum Gasteiger partial charge on any atom is -0.481 e. The Kier molecular flexibility index (Phi) is 4.86. The maximum Gasteiger partial charge on any atom is 0.313 e. The molecule has 1 amide bonds. The number of carbonyl (C=O) groups is 2. The molecule has 0 spiro atoms. The van der Waals surface area contributed by atoms with Crippen LogP contribution in [0.25, 0.3) is 0 Å². The third kappa shape index (κ3) is 3.55. The van der Waals surface area contributed by atoms with Crippen LogP contribution in [0.15, 0.2) is 24.3 Å². The number of amides is 1. The molecule has 1 rings (SSSR count). The van der Waals surface area contributed by atoms with Gasteiger partial charge in [0.05, 0.1) is 17.9 Å². The molecule has 0 saturated carbocycles. The molecule has 0 fully saturated rings. The Balaban J connectivity index is 2.91. The molecule has 0 aliphatic heterocycles. The lowest BCUT2D eigenvalue weighted by Crippen LogP contribution is -2.28. The standard InChI is InChI=1S/C14H19NO5/c1-14(2,13(19)20)9-5-3-8(4-6-9)12(18)10(16)7-11(15)17/h3-6,10,12,16,18H,7H2,1-2H3,(H2,15,17)(H,19,20). The average Bonchev–Trinajstić information content (AvgIpc) is 2.37. The number of aliphatic hydroxyl groups is 2. The summed E-state index contributed by atoms with van der Waals surface area (Å²) in [5, 5.41) is 28.6. The predicted octanol–water partition coefficient (Wildman–Crippen LogP) is 0.319. The van der Waals surface area contributed by atoms with Crippen LogP contribution in [0.5, 0.6) is 0 Å². The second kappa shape index (κ2) is 6.02. The summed E-state index contributed by atoms with van der Waals surface area (Å²) >= 11 is 0. The summed E-state index contributed by atoms with van der Waals surface area (Å²) < 4.78 is 0. The number of benzene rings is 1. The quantitative estimate of drug-likeness (QED) is 0.598. The SMILES string of the molecule is CC(C)(C(=O)O)c1ccc(C(O)C(O)CC(N)=O)cc1. The Hall–Kier alpha value is -1.92. The van der Waals surface area contributed by atoms with Gasteiger partial charge in [0.1, 0.15) is 6.10 Å². The summed E-state index contributed by atoms with van der Waals surface area (Å²) in [7, 11) is 0. The van der Waals surface area contributed by atoms with E-state index in [4.69, 9.17) is 10.8 Å². The van der Waals surface area contributed by atoms with E-state index in [1.54, 1.807) is 26.0 Å². The Morgan fingerprint density at radius 1 is 1.20 bits per heavy atom. The fourth-order valence-electron chi connectivity index (χ4n) is 1.76. The van der Waals surface area contributed by atoms with Gasteiger partial charge in [-0.05, 0) is 25.0 Å². The van der Waals surface area contributed by atoms with Gasteiger partial charge in [-0.3, -0.25) is 9.59 Å². The highest BCUT2D eigenvalue weighted by Crippen LogP contribution is 2.26. The molecule has 0 heterocycles. The van der Waals surface area contributed by atoms with Crippen LogP contribution >= 0.6 is 0 Å². The number of aliphatic hydroxyl groups excluding tert-OH is 2. The number of hydrogen-bond donors (Lipinski definition) is 4. The van der Waals surface area contributed by atoms with Gasteiger partial charge < -0.3 is 21.1 Å². The molecule has 110 valence electrons. The Bertz CT molecular complexity index is 495. The number of carboxylic acid groups (broad SMARTS) is 1. The van der Waals surface area contributed by atoms with E-state index < -0.39 is 29.5 Å². The van der Waals surface area contributed by atoms with Crippen LogP contribution in [-0.4, -0.2) is 33.3 Å². The van der Waals surface area contributed by atoms with Gasteiger partial charge in [0, 0.05) is 0 Å². The van der Waals surface area contributed by atoms with Gasteiger partial charge in [-0.15, -0.1) is 0 Å². The second-order valence-corrected chi connectivity index (χ2v) is 5.23. The molecule has 5 N–H and O–H groups in total. The summed E-state index contributed by atoms with van der Waals surface area (Å²) in [5.41, 5.74) is 4.87. The van der Waals surface area contributed by atoms with Crippen molar-refractivity contribution in [3.8, 4) is 0 Å². The summed E-state index contributed by atoms with van der Waals surface area (Å²) in [5.74, 6) is -1.67. The van der Waals surface area contributed by atoms with E-state index in [2.05, 4.69) is 0 Å². The molecule has 20 heavy (non-hydrogen) atoms. The van der Waals surface area contributed by atoms with Crippen molar-refractivity contribution in [1.82, 2.24) is 0 Å². The summed E-state index contributed by atoms with van der Waals surface area (Å²) in [4.78, 5) is 21.8. The predicted molar refractivity (Wildman–Crippen MR) is 71.9 cm³/mol. The largest absolute Gasteiger partial charge is 0.481 e. The molecule has 0 radical (unpaired) electrons. The summed E-state index contributed by atoms with van der Waals surface area (Å²) in [6, 6.07) is 6.19. The van der Waals surface area contributed by atoms with Gasteiger partial charge in [-0.1, -0.05) is 24.3 Å². The number of carboxylic acids is 1. The lowest BCUT2D eigenvalue weighted by Gasteiger charge is -2.21. The fourth-order valence-corrected chi connectivity index (χ4v) is 1.76. The molecular weight excluding hydrogens is 262 g/mol. The Morgan fingerprint density at radius 2 is 1.70 bits per heavy atom. The average molecular weight is 281 g/mol. The van der Waals surface area contributed by atoms with Crippen molar-refractivity contribution < 1.29 is 24.9 Å². The van der Waals surface area contributed by atoms with Crippen molar-refractivity contribution in [2.24, 2.45) is 5.73 Å². The lowest BCUT2D eigenvalue weighted by molar-refractivity contribution is -0.142. The first-order chi connectivity index (χ1) is 9.16. The van der Waals surface area contributed by atoms with Gasteiger partial charge >= 0.3 is 5.97 Å². The first-order valence-corrected chi connectivity index (χ1v) is 6.14. The highest BCUT2D eigenvalue weighted by atomic mass is 16.4. The molecule has 1 aromatic rings. The van der Waals surface area contributed by atoms with E-state index >= 15 is 0 Å². The van der Waals surface area contributed by atoms with E-state index in [0.29, 0.717) is 11.1 Å². The molecule has 1 aromatic carbocycles. The van der Waals surface area contributed by atoms with Crippen LogP contribution < -0.4 is 5.73 Å². The zero-order chi connectivity index (χ0) is 15.5. The normalized spacial score (nSPS) is 14.6.